The van der Waals surface area contributed by atoms with Gasteiger partial charge in [0.25, 0.3) is 5.91 Å². The zero-order valence-electron chi connectivity index (χ0n) is 12.4. The third-order valence-corrected chi connectivity index (χ3v) is 3.25. The number of carbonyl (C=O) groups is 2. The lowest BCUT2D eigenvalue weighted by molar-refractivity contribution is -0.130. The number of likely N-dealkylation sites (N-methyl/N-ethyl adjacent to an activating group) is 1. The van der Waals surface area contributed by atoms with Gasteiger partial charge in [-0.05, 0) is 13.3 Å². The van der Waals surface area contributed by atoms with Gasteiger partial charge in [0.2, 0.25) is 11.7 Å². The van der Waals surface area contributed by atoms with Crippen molar-refractivity contribution in [3.05, 3.63) is 11.6 Å². The number of aromatic nitrogens is 3. The van der Waals surface area contributed by atoms with Crippen LogP contribution in [-0.4, -0.2) is 64.2 Å². The second-order valence-electron chi connectivity index (χ2n) is 4.84. The molecule has 0 aromatic carbocycles. The zero-order valence-corrected chi connectivity index (χ0v) is 12.4. The molecule has 2 rings (SSSR count). The average Bonchev–Trinajstić information content (AvgIpc) is 2.96. The maximum atomic E-state index is 12.5. The van der Waals surface area contributed by atoms with Gasteiger partial charge in [0, 0.05) is 19.5 Å². The van der Waals surface area contributed by atoms with Gasteiger partial charge < -0.3 is 15.0 Å². The van der Waals surface area contributed by atoms with Crippen LogP contribution in [0.15, 0.2) is 0 Å². The molecule has 1 aliphatic heterocycles. The van der Waals surface area contributed by atoms with Crippen LogP contribution in [-0.2, 0) is 16.0 Å². The van der Waals surface area contributed by atoms with E-state index in [1.165, 1.54) is 4.90 Å². The molecule has 0 spiro atoms. The molecule has 8 nitrogen and oxygen atoms in total. The normalized spacial score (nSPS) is 18.6. The lowest BCUT2D eigenvalue weighted by Gasteiger charge is -2.33. The van der Waals surface area contributed by atoms with E-state index in [0.29, 0.717) is 25.5 Å². The van der Waals surface area contributed by atoms with Gasteiger partial charge in [-0.15, -0.1) is 5.10 Å². The molecule has 1 unspecified atom stereocenters. The number of hydrogen-bond donors (Lipinski definition) is 2. The van der Waals surface area contributed by atoms with E-state index in [1.807, 2.05) is 13.8 Å². The predicted octanol–water partition coefficient (Wildman–Crippen LogP) is -0.266. The van der Waals surface area contributed by atoms with Gasteiger partial charge in [-0.1, -0.05) is 6.92 Å². The number of morpholine rings is 1. The van der Waals surface area contributed by atoms with Crippen LogP contribution < -0.4 is 5.32 Å². The van der Waals surface area contributed by atoms with Crippen molar-refractivity contribution in [3.63, 3.8) is 0 Å². The summed E-state index contributed by atoms with van der Waals surface area (Å²) in [6.45, 7) is 5.34. The Morgan fingerprint density at radius 2 is 2.29 bits per heavy atom. The molecule has 8 heteroatoms. The van der Waals surface area contributed by atoms with Crippen LogP contribution in [0.1, 0.15) is 36.7 Å². The van der Waals surface area contributed by atoms with Gasteiger partial charge in [0.15, 0.2) is 0 Å². The molecule has 1 aliphatic rings. The molecule has 0 radical (unpaired) electrons. The number of nitrogens with one attached hydrogen (secondary N) is 2. The Morgan fingerprint density at radius 1 is 1.48 bits per heavy atom. The van der Waals surface area contributed by atoms with E-state index in [9.17, 15) is 9.59 Å². The maximum absolute atomic E-state index is 12.5. The molecule has 0 bridgehead atoms. The van der Waals surface area contributed by atoms with E-state index < -0.39 is 6.04 Å². The van der Waals surface area contributed by atoms with E-state index in [2.05, 4.69) is 20.5 Å². The summed E-state index contributed by atoms with van der Waals surface area (Å²) >= 11 is 0. The molecule has 1 aromatic heterocycles. The van der Waals surface area contributed by atoms with Gasteiger partial charge in [-0.25, -0.2) is 4.98 Å². The Balaban J connectivity index is 2.12. The Bertz CT molecular complexity index is 502. The Labute approximate surface area is 123 Å². The smallest absolute Gasteiger partial charge is 0.294 e. The minimum absolute atomic E-state index is 0.106. The van der Waals surface area contributed by atoms with Crippen molar-refractivity contribution >= 4 is 11.8 Å². The lowest BCUT2D eigenvalue weighted by atomic mass is 10.2. The second kappa shape index (κ2) is 7.16. The monoisotopic (exact) mass is 295 g/mol. The Morgan fingerprint density at radius 3 is 3.00 bits per heavy atom. The fourth-order valence-corrected chi connectivity index (χ4v) is 2.22. The molecule has 2 N–H and O–H groups in total. The minimum atomic E-state index is -0.626. The summed E-state index contributed by atoms with van der Waals surface area (Å²) in [6.07, 6.45) is 1.66. The molecule has 2 heterocycles. The van der Waals surface area contributed by atoms with Gasteiger partial charge in [0.05, 0.1) is 13.2 Å². The molecule has 116 valence electrons. The predicted molar refractivity (Wildman–Crippen MR) is 74.7 cm³/mol. The van der Waals surface area contributed by atoms with Crippen LogP contribution in [0.5, 0.6) is 0 Å². The number of aryl methyl sites for hydroxylation is 1. The molecule has 0 aliphatic carbocycles. The molecular weight excluding hydrogens is 274 g/mol. The molecule has 0 saturated carbocycles. The largest absolute Gasteiger partial charge is 0.377 e. The number of rotatable bonds is 5. The average molecular weight is 295 g/mol. The number of aromatic amines is 1. The fraction of sp³-hybridized carbons (Fsp3) is 0.692. The fourth-order valence-electron chi connectivity index (χ4n) is 2.22. The van der Waals surface area contributed by atoms with Crippen LogP contribution >= 0.6 is 0 Å². The molecule has 1 saturated heterocycles. The van der Waals surface area contributed by atoms with E-state index in [1.54, 1.807) is 0 Å². The van der Waals surface area contributed by atoms with Crippen molar-refractivity contribution in [1.29, 1.82) is 0 Å². The van der Waals surface area contributed by atoms with Crippen molar-refractivity contribution in [3.8, 4) is 0 Å². The number of nitrogens with zero attached hydrogens (tertiary/aromatic N) is 3. The molecular formula is C13H21N5O3. The van der Waals surface area contributed by atoms with Gasteiger partial charge in [-0.3, -0.25) is 14.7 Å². The van der Waals surface area contributed by atoms with Gasteiger partial charge in [-0.2, -0.15) is 0 Å². The SMILES string of the molecule is CCCc1nc(C(=O)N2CCOCC2C(=O)NCC)n[nH]1. The summed E-state index contributed by atoms with van der Waals surface area (Å²) in [4.78, 5) is 30.2. The van der Waals surface area contributed by atoms with Crippen LogP contribution in [0, 0.1) is 0 Å². The van der Waals surface area contributed by atoms with Gasteiger partial charge in [0.1, 0.15) is 11.9 Å². The molecule has 1 atom stereocenters. The lowest BCUT2D eigenvalue weighted by Crippen LogP contribution is -2.56. The summed E-state index contributed by atoms with van der Waals surface area (Å²) in [7, 11) is 0. The van der Waals surface area contributed by atoms with Gasteiger partial charge >= 0.3 is 0 Å². The third-order valence-electron chi connectivity index (χ3n) is 3.25. The summed E-state index contributed by atoms with van der Waals surface area (Å²) in [6, 6.07) is -0.626. The summed E-state index contributed by atoms with van der Waals surface area (Å²) in [5.74, 6) is 0.237. The van der Waals surface area contributed by atoms with Crippen molar-refractivity contribution < 1.29 is 14.3 Å². The highest BCUT2D eigenvalue weighted by molar-refractivity contribution is 5.95. The highest BCUT2D eigenvalue weighted by Gasteiger charge is 2.34. The van der Waals surface area contributed by atoms with Crippen molar-refractivity contribution in [2.24, 2.45) is 0 Å². The molecule has 2 amide bonds. The van der Waals surface area contributed by atoms with Crippen molar-refractivity contribution in [2.75, 3.05) is 26.3 Å². The van der Waals surface area contributed by atoms with Crippen LogP contribution in [0.2, 0.25) is 0 Å². The van der Waals surface area contributed by atoms with E-state index in [0.717, 1.165) is 12.8 Å². The second-order valence-corrected chi connectivity index (χ2v) is 4.84. The summed E-state index contributed by atoms with van der Waals surface area (Å²) < 4.78 is 5.31. The molecule has 1 fully saturated rings. The zero-order chi connectivity index (χ0) is 15.2. The quantitative estimate of drug-likeness (QED) is 0.779. The van der Waals surface area contributed by atoms with E-state index >= 15 is 0 Å². The Hall–Kier alpha value is -1.96. The molecule has 21 heavy (non-hydrogen) atoms. The topological polar surface area (TPSA) is 100 Å². The number of amides is 2. The number of ether oxygens (including phenoxy) is 1. The first kappa shape index (κ1) is 15.4. The number of H-pyrrole nitrogens is 1. The summed E-state index contributed by atoms with van der Waals surface area (Å²) in [5.41, 5.74) is 0. The Kier molecular flexibility index (Phi) is 5.26. The highest BCUT2D eigenvalue weighted by atomic mass is 16.5. The highest BCUT2D eigenvalue weighted by Crippen LogP contribution is 2.11. The minimum Gasteiger partial charge on any atom is -0.377 e. The van der Waals surface area contributed by atoms with Crippen molar-refractivity contribution in [1.82, 2.24) is 25.4 Å². The standard InChI is InChI=1S/C13H21N5O3/c1-3-5-10-15-11(17-16-10)13(20)18-6-7-21-8-9(18)12(19)14-4-2/h9H,3-8H2,1-2H3,(H,14,19)(H,15,16,17). The molecule has 1 aromatic rings. The van der Waals surface area contributed by atoms with Crippen molar-refractivity contribution in [2.45, 2.75) is 32.7 Å². The first-order valence-electron chi connectivity index (χ1n) is 7.25. The third kappa shape index (κ3) is 3.57. The first-order valence-corrected chi connectivity index (χ1v) is 7.25. The van der Waals surface area contributed by atoms with E-state index in [-0.39, 0.29) is 24.2 Å². The first-order chi connectivity index (χ1) is 10.2. The number of carbonyl (C=O) groups excluding carboxylic acids is 2. The van der Waals surface area contributed by atoms with Crippen LogP contribution in [0.4, 0.5) is 0 Å². The number of hydrogen-bond acceptors (Lipinski definition) is 5. The van der Waals surface area contributed by atoms with Crippen LogP contribution in [0.3, 0.4) is 0 Å². The van der Waals surface area contributed by atoms with E-state index in [4.69, 9.17) is 4.74 Å². The maximum Gasteiger partial charge on any atom is 0.294 e. The summed E-state index contributed by atoms with van der Waals surface area (Å²) in [5, 5.41) is 9.42. The van der Waals surface area contributed by atoms with Crippen LogP contribution in [0.25, 0.3) is 0 Å².